The van der Waals surface area contributed by atoms with Crippen LogP contribution in [0.5, 0.6) is 0 Å². The quantitative estimate of drug-likeness (QED) is 0.184. The highest BCUT2D eigenvalue weighted by molar-refractivity contribution is 8.00. The second-order valence-electron chi connectivity index (χ2n) is 12.1. The first-order valence-corrected chi connectivity index (χ1v) is 18.1. The molecular weight excluding hydrogens is 651 g/mol. The summed E-state index contributed by atoms with van der Waals surface area (Å²) in [6.45, 7) is 0. The third-order valence-electron chi connectivity index (χ3n) is 9.07. The highest BCUT2D eigenvalue weighted by atomic mass is 32.2. The van der Waals surface area contributed by atoms with Crippen LogP contribution in [0.2, 0.25) is 0 Å². The number of hydrogen-bond acceptors (Lipinski definition) is 7. The molecule has 236 valence electrons. The molecule has 2 aromatic heterocycles. The Bertz CT molecular complexity index is 2300. The largest absolute Gasteiger partial charge is 0.305 e. The van der Waals surface area contributed by atoms with E-state index in [4.69, 9.17) is 15.0 Å². The zero-order valence-corrected chi connectivity index (χ0v) is 28.3. The topological polar surface area (TPSA) is 45.2 Å². The smallest absolute Gasteiger partial charge is 0.166 e. The van der Waals surface area contributed by atoms with Crippen LogP contribution in [0.15, 0.2) is 184 Å². The Hall–Kier alpha value is -5.89. The van der Waals surface area contributed by atoms with Crippen LogP contribution in [0.25, 0.3) is 33.5 Å². The predicted octanol–water partition coefficient (Wildman–Crippen LogP) is 12.2. The van der Waals surface area contributed by atoms with Gasteiger partial charge in [-0.15, -0.1) is 0 Å². The molecule has 8 aromatic rings. The van der Waals surface area contributed by atoms with Crippen molar-refractivity contribution in [3.8, 4) is 22.5 Å². The molecule has 0 spiro atoms. The summed E-state index contributed by atoms with van der Waals surface area (Å²) in [5.74, 6) is 0.737. The molecule has 2 aliphatic rings. The second-order valence-corrected chi connectivity index (χ2v) is 14.2. The van der Waals surface area contributed by atoms with Crippen molar-refractivity contribution in [2.45, 2.75) is 19.6 Å². The van der Waals surface area contributed by atoms with E-state index < -0.39 is 0 Å². The molecule has 10 rings (SSSR count). The Morgan fingerprint density at radius 2 is 0.740 bits per heavy atom. The molecule has 0 aliphatic carbocycles. The summed E-state index contributed by atoms with van der Waals surface area (Å²) in [5.41, 5.74) is 10.3. The number of pyridine rings is 1. The van der Waals surface area contributed by atoms with Crippen LogP contribution in [-0.4, -0.2) is 15.0 Å². The normalized spacial score (nSPS) is 13.0. The number of fused-ring (bicyclic) bond motifs is 5. The molecule has 6 aromatic carbocycles. The first-order valence-electron chi connectivity index (χ1n) is 16.5. The van der Waals surface area contributed by atoms with E-state index >= 15 is 0 Å². The van der Waals surface area contributed by atoms with Crippen LogP contribution in [0.3, 0.4) is 0 Å². The summed E-state index contributed by atoms with van der Waals surface area (Å²) >= 11 is 3.57. The van der Waals surface area contributed by atoms with E-state index in [1.165, 1.54) is 19.6 Å². The van der Waals surface area contributed by atoms with Crippen molar-refractivity contribution in [3.05, 3.63) is 164 Å². The van der Waals surface area contributed by atoms with Gasteiger partial charge in [-0.05, 0) is 48.5 Å². The van der Waals surface area contributed by atoms with Gasteiger partial charge in [0.15, 0.2) is 5.82 Å². The molecule has 5 nitrogen and oxygen atoms in total. The zero-order valence-electron chi connectivity index (χ0n) is 26.6. The summed E-state index contributed by atoms with van der Waals surface area (Å²) < 4.78 is 0. The molecule has 0 fully saturated rings. The van der Waals surface area contributed by atoms with Gasteiger partial charge in [-0.25, -0.2) is 15.0 Å². The summed E-state index contributed by atoms with van der Waals surface area (Å²) in [6, 6.07) is 54.9. The van der Waals surface area contributed by atoms with Gasteiger partial charge in [-0.3, -0.25) is 4.90 Å². The van der Waals surface area contributed by atoms with Crippen molar-refractivity contribution in [1.29, 1.82) is 0 Å². The first-order chi connectivity index (χ1) is 24.8. The van der Waals surface area contributed by atoms with Gasteiger partial charge in [-0.2, -0.15) is 0 Å². The molecular formula is C43H27N5S2. The maximum Gasteiger partial charge on any atom is 0.166 e. The van der Waals surface area contributed by atoms with Crippen LogP contribution in [-0.2, 0) is 0 Å². The van der Waals surface area contributed by atoms with Crippen molar-refractivity contribution < 1.29 is 0 Å². The summed E-state index contributed by atoms with van der Waals surface area (Å²) in [4.78, 5) is 25.8. The summed E-state index contributed by atoms with van der Waals surface area (Å²) in [6.07, 6.45) is 1.99. The molecule has 0 unspecified atom stereocenters. The number of anilines is 6. The average molecular weight is 678 g/mol. The third-order valence-corrected chi connectivity index (χ3v) is 11.3. The number of rotatable bonds is 4. The minimum absolute atomic E-state index is 0.728. The minimum atomic E-state index is 0.728. The summed E-state index contributed by atoms with van der Waals surface area (Å²) in [5, 5.41) is 0. The molecule has 0 bridgehead atoms. The van der Waals surface area contributed by atoms with Crippen molar-refractivity contribution in [2.75, 3.05) is 9.80 Å². The maximum absolute atomic E-state index is 5.63. The van der Waals surface area contributed by atoms with Gasteiger partial charge >= 0.3 is 0 Å². The van der Waals surface area contributed by atoms with E-state index in [-0.39, 0.29) is 0 Å². The van der Waals surface area contributed by atoms with Crippen LogP contribution in [0, 0.1) is 0 Å². The second kappa shape index (κ2) is 11.9. The Morgan fingerprint density at radius 1 is 0.360 bits per heavy atom. The number of aromatic nitrogens is 3. The molecule has 7 heteroatoms. The van der Waals surface area contributed by atoms with Gasteiger partial charge in [0.05, 0.1) is 46.0 Å². The number of benzene rings is 6. The van der Waals surface area contributed by atoms with Gasteiger partial charge in [0, 0.05) is 30.7 Å². The van der Waals surface area contributed by atoms with Gasteiger partial charge in [0.1, 0.15) is 11.0 Å². The molecule has 0 amide bonds. The fourth-order valence-corrected chi connectivity index (χ4v) is 8.95. The van der Waals surface area contributed by atoms with Crippen LogP contribution < -0.4 is 9.80 Å². The Labute approximate surface area is 298 Å². The standard InChI is InChI=1S/C43H27N5S2/c1-3-15-28(16-4-1)39-40(29-17-5-2-6-18-29)46-42-41(45-39)34(47-30-19-7-11-23-35(30)49-36-24-12-8-20-31(36)47)27-44-43(42)48-32-21-9-13-25-37(32)50-38-26-14-10-22-33(38)48/h1-27H. The summed E-state index contributed by atoms with van der Waals surface area (Å²) in [7, 11) is 0. The van der Waals surface area contributed by atoms with E-state index in [2.05, 4.69) is 155 Å². The minimum Gasteiger partial charge on any atom is -0.305 e. The van der Waals surface area contributed by atoms with E-state index in [9.17, 15) is 0 Å². The van der Waals surface area contributed by atoms with E-state index in [1.807, 2.05) is 18.3 Å². The molecule has 2 aliphatic heterocycles. The number of hydrogen-bond donors (Lipinski definition) is 0. The number of para-hydroxylation sites is 4. The molecule has 0 N–H and O–H groups in total. The predicted molar refractivity (Wildman–Crippen MR) is 206 cm³/mol. The molecule has 0 saturated carbocycles. The van der Waals surface area contributed by atoms with Crippen LogP contribution in [0.4, 0.5) is 34.3 Å². The van der Waals surface area contributed by atoms with E-state index in [0.29, 0.717) is 0 Å². The van der Waals surface area contributed by atoms with Crippen LogP contribution in [0.1, 0.15) is 0 Å². The lowest BCUT2D eigenvalue weighted by atomic mass is 10.0. The van der Waals surface area contributed by atoms with Crippen molar-refractivity contribution in [3.63, 3.8) is 0 Å². The van der Waals surface area contributed by atoms with E-state index in [1.54, 1.807) is 23.5 Å². The third kappa shape index (κ3) is 4.70. The lowest BCUT2D eigenvalue weighted by Gasteiger charge is -2.35. The van der Waals surface area contributed by atoms with Crippen molar-refractivity contribution >= 4 is 68.8 Å². The van der Waals surface area contributed by atoms with Gasteiger partial charge in [0.25, 0.3) is 0 Å². The van der Waals surface area contributed by atoms with Gasteiger partial charge < -0.3 is 4.90 Å². The number of nitrogens with zero attached hydrogens (tertiary/aromatic N) is 5. The molecule has 4 heterocycles. The zero-order chi connectivity index (χ0) is 33.0. The highest BCUT2D eigenvalue weighted by Crippen LogP contribution is 2.55. The van der Waals surface area contributed by atoms with Crippen molar-refractivity contribution in [2.24, 2.45) is 0 Å². The fourth-order valence-electron chi connectivity index (χ4n) is 6.83. The molecule has 50 heavy (non-hydrogen) atoms. The molecule has 0 saturated heterocycles. The molecule has 0 atom stereocenters. The van der Waals surface area contributed by atoms with Gasteiger partial charge in [0.2, 0.25) is 0 Å². The molecule has 0 radical (unpaired) electrons. The lowest BCUT2D eigenvalue weighted by Crippen LogP contribution is -2.19. The van der Waals surface area contributed by atoms with Crippen molar-refractivity contribution in [1.82, 2.24) is 15.0 Å². The van der Waals surface area contributed by atoms with Gasteiger partial charge in [-0.1, -0.05) is 133 Å². The monoisotopic (exact) mass is 677 g/mol. The SMILES string of the molecule is c1ccc(-c2nc3c(N4c5ccccc5Sc5ccccc54)cnc(N4c5ccccc5Sc5ccccc54)c3nc2-c2ccccc2)cc1. The average Bonchev–Trinajstić information content (AvgIpc) is 3.19. The Kier molecular flexibility index (Phi) is 6.92. The Morgan fingerprint density at radius 3 is 1.20 bits per heavy atom. The highest BCUT2D eigenvalue weighted by Gasteiger charge is 2.32. The lowest BCUT2D eigenvalue weighted by molar-refractivity contribution is 1.10. The fraction of sp³-hybridized carbons (Fsp3) is 0. The maximum atomic E-state index is 5.63. The first kappa shape index (κ1) is 29.1. The van der Waals surface area contributed by atoms with Crippen LogP contribution >= 0.6 is 23.5 Å². The Balaban J connectivity index is 1.33. The van der Waals surface area contributed by atoms with E-state index in [0.717, 1.165) is 67.8 Å².